The van der Waals surface area contributed by atoms with Gasteiger partial charge in [0.25, 0.3) is 0 Å². The first-order valence-corrected chi connectivity index (χ1v) is 6.40. The maximum atomic E-state index is 12.5. The highest BCUT2D eigenvalue weighted by Gasteiger charge is 2.21. The van der Waals surface area contributed by atoms with Gasteiger partial charge in [-0.2, -0.15) is 0 Å². The third-order valence-corrected chi connectivity index (χ3v) is 3.24. The number of aryl methyl sites for hydroxylation is 1. The molecule has 0 bridgehead atoms. The van der Waals surface area contributed by atoms with Crippen molar-refractivity contribution < 1.29 is 19.0 Å². The zero-order valence-electron chi connectivity index (χ0n) is 12.5. The first kappa shape index (κ1) is 14.9. The third kappa shape index (κ3) is 2.84. The molecule has 1 heterocycles. The molecule has 2 rings (SSSR count). The van der Waals surface area contributed by atoms with Gasteiger partial charge in [-0.3, -0.25) is 4.79 Å². The van der Waals surface area contributed by atoms with Gasteiger partial charge in [0.2, 0.25) is 5.75 Å². The van der Waals surface area contributed by atoms with Gasteiger partial charge in [0.15, 0.2) is 17.3 Å². The van der Waals surface area contributed by atoms with Crippen LogP contribution < -0.4 is 14.2 Å². The summed E-state index contributed by atoms with van der Waals surface area (Å²) in [6.07, 6.45) is 3.65. The van der Waals surface area contributed by atoms with Crippen LogP contribution in [0.4, 0.5) is 0 Å². The molecule has 0 aliphatic rings. The van der Waals surface area contributed by atoms with Crippen LogP contribution in [0, 0.1) is 0 Å². The molecule has 1 aromatic carbocycles. The number of methoxy groups -OCH3 is 3. The molecule has 6 heteroatoms. The molecule has 0 radical (unpaired) electrons. The molecule has 0 saturated heterocycles. The van der Waals surface area contributed by atoms with Crippen molar-refractivity contribution in [3.63, 3.8) is 0 Å². The molecular formula is C15H18N2O4. The molecule has 112 valence electrons. The van der Waals surface area contributed by atoms with E-state index in [0.29, 0.717) is 28.6 Å². The zero-order chi connectivity index (χ0) is 15.4. The Labute approximate surface area is 123 Å². The number of carbonyl (C=O) groups is 1. The van der Waals surface area contributed by atoms with Crippen molar-refractivity contribution in [2.75, 3.05) is 21.3 Å². The fourth-order valence-electron chi connectivity index (χ4n) is 2.13. The van der Waals surface area contributed by atoms with Crippen molar-refractivity contribution in [3.05, 3.63) is 35.9 Å². The molecule has 0 spiro atoms. The Morgan fingerprint density at radius 3 is 2.38 bits per heavy atom. The Kier molecular flexibility index (Phi) is 4.47. The molecule has 21 heavy (non-hydrogen) atoms. The van der Waals surface area contributed by atoms with Crippen LogP contribution in [0.5, 0.6) is 17.2 Å². The average Bonchev–Trinajstić information content (AvgIpc) is 2.90. The summed E-state index contributed by atoms with van der Waals surface area (Å²) >= 11 is 0. The van der Waals surface area contributed by atoms with Crippen LogP contribution in [0.15, 0.2) is 24.5 Å². The van der Waals surface area contributed by atoms with Crippen LogP contribution >= 0.6 is 0 Å². The molecule has 6 nitrogen and oxygen atoms in total. The maximum absolute atomic E-state index is 12.5. The van der Waals surface area contributed by atoms with Gasteiger partial charge in [0, 0.05) is 19.4 Å². The fraction of sp³-hybridized carbons (Fsp3) is 0.333. The highest BCUT2D eigenvalue weighted by atomic mass is 16.5. The molecule has 0 unspecified atom stereocenters. The lowest BCUT2D eigenvalue weighted by Crippen LogP contribution is -2.10. The number of benzene rings is 1. The fourth-order valence-corrected chi connectivity index (χ4v) is 2.13. The Balaban J connectivity index is 2.39. The van der Waals surface area contributed by atoms with E-state index in [1.165, 1.54) is 21.3 Å². The van der Waals surface area contributed by atoms with Gasteiger partial charge in [-0.15, -0.1) is 0 Å². The molecule has 0 saturated carbocycles. The Morgan fingerprint density at radius 1 is 1.14 bits per heavy atom. The minimum Gasteiger partial charge on any atom is -0.493 e. The monoisotopic (exact) mass is 290 g/mol. The molecule has 0 aliphatic carbocycles. The second-order valence-corrected chi connectivity index (χ2v) is 4.44. The summed E-state index contributed by atoms with van der Waals surface area (Å²) in [6.45, 7) is 0. The highest BCUT2D eigenvalue weighted by molar-refractivity contribution is 6.00. The Hall–Kier alpha value is -2.50. The van der Waals surface area contributed by atoms with E-state index in [4.69, 9.17) is 14.2 Å². The highest BCUT2D eigenvalue weighted by Crippen LogP contribution is 2.40. The summed E-state index contributed by atoms with van der Waals surface area (Å²) in [4.78, 5) is 16.6. The van der Waals surface area contributed by atoms with Gasteiger partial charge in [0.1, 0.15) is 5.82 Å². The van der Waals surface area contributed by atoms with Gasteiger partial charge in [-0.1, -0.05) is 0 Å². The summed E-state index contributed by atoms with van der Waals surface area (Å²) in [5, 5.41) is 0. The van der Waals surface area contributed by atoms with Crippen molar-refractivity contribution in [2.24, 2.45) is 7.05 Å². The summed E-state index contributed by atoms with van der Waals surface area (Å²) < 4.78 is 17.6. The van der Waals surface area contributed by atoms with Gasteiger partial charge >= 0.3 is 0 Å². The molecule has 0 atom stereocenters. The van der Waals surface area contributed by atoms with Crippen molar-refractivity contribution >= 4 is 5.78 Å². The van der Waals surface area contributed by atoms with E-state index in [1.807, 2.05) is 11.6 Å². The molecule has 0 N–H and O–H groups in total. The molecule has 0 fully saturated rings. The van der Waals surface area contributed by atoms with Crippen molar-refractivity contribution in [3.8, 4) is 17.2 Å². The molecular weight excluding hydrogens is 272 g/mol. The summed E-state index contributed by atoms with van der Waals surface area (Å²) in [5.74, 6) is 1.89. The minimum absolute atomic E-state index is 0.0953. The number of ketones is 1. The minimum atomic E-state index is -0.0953. The largest absolute Gasteiger partial charge is 0.493 e. The summed E-state index contributed by atoms with van der Waals surface area (Å²) in [7, 11) is 6.39. The van der Waals surface area contributed by atoms with E-state index in [1.54, 1.807) is 24.5 Å². The lowest BCUT2D eigenvalue weighted by Gasteiger charge is -2.15. The average molecular weight is 290 g/mol. The van der Waals surface area contributed by atoms with E-state index < -0.39 is 0 Å². The first-order valence-electron chi connectivity index (χ1n) is 6.40. The Bertz CT molecular complexity index is 649. The number of nitrogens with zero attached hydrogens (tertiary/aromatic N) is 2. The van der Waals surface area contributed by atoms with E-state index in [-0.39, 0.29) is 12.2 Å². The second kappa shape index (κ2) is 6.30. The number of ether oxygens (including phenoxy) is 3. The number of aromatic nitrogens is 2. The van der Waals surface area contributed by atoms with E-state index in [0.717, 1.165) is 0 Å². The number of hydrogen-bond donors (Lipinski definition) is 0. The molecule has 0 amide bonds. The topological polar surface area (TPSA) is 62.6 Å². The zero-order valence-corrected chi connectivity index (χ0v) is 12.5. The number of carbonyl (C=O) groups excluding carboxylic acids is 1. The summed E-state index contributed by atoms with van der Waals surface area (Å²) in [5.41, 5.74) is 0.443. The van der Waals surface area contributed by atoms with Crippen LogP contribution in [0.1, 0.15) is 16.2 Å². The quantitative estimate of drug-likeness (QED) is 0.760. The number of hydrogen-bond acceptors (Lipinski definition) is 5. The van der Waals surface area contributed by atoms with E-state index in [2.05, 4.69) is 4.98 Å². The smallest absolute Gasteiger partial charge is 0.204 e. The first-order chi connectivity index (χ1) is 10.1. The standard InChI is InChI=1S/C15H18N2O4/c1-17-8-7-16-13(17)9-11(18)10-5-6-12(19-2)15(21-4)14(10)20-3/h5-8H,9H2,1-4H3. The van der Waals surface area contributed by atoms with E-state index >= 15 is 0 Å². The molecule has 0 aliphatic heterocycles. The van der Waals surface area contributed by atoms with Gasteiger partial charge in [-0.05, 0) is 12.1 Å². The second-order valence-electron chi connectivity index (χ2n) is 4.44. The lowest BCUT2D eigenvalue weighted by molar-refractivity contribution is 0.0986. The van der Waals surface area contributed by atoms with Crippen LogP contribution in [0.25, 0.3) is 0 Å². The normalized spacial score (nSPS) is 10.3. The lowest BCUT2D eigenvalue weighted by atomic mass is 10.1. The van der Waals surface area contributed by atoms with Gasteiger partial charge in [-0.25, -0.2) is 4.98 Å². The van der Waals surface area contributed by atoms with Crippen LogP contribution in [0.3, 0.4) is 0 Å². The van der Waals surface area contributed by atoms with Crippen LogP contribution in [-0.2, 0) is 13.5 Å². The maximum Gasteiger partial charge on any atom is 0.204 e. The SMILES string of the molecule is COc1ccc(C(=O)Cc2nccn2C)c(OC)c1OC. The predicted molar refractivity (Wildman–Crippen MR) is 77.3 cm³/mol. The molecule has 1 aromatic heterocycles. The predicted octanol–water partition coefficient (Wildman–Crippen LogP) is 1.87. The van der Waals surface area contributed by atoms with Crippen molar-refractivity contribution in [1.29, 1.82) is 0 Å². The third-order valence-electron chi connectivity index (χ3n) is 3.24. The Morgan fingerprint density at radius 2 is 1.86 bits per heavy atom. The van der Waals surface area contributed by atoms with Crippen molar-refractivity contribution in [1.82, 2.24) is 9.55 Å². The van der Waals surface area contributed by atoms with E-state index in [9.17, 15) is 4.79 Å². The van der Waals surface area contributed by atoms with Gasteiger partial charge in [0.05, 0.1) is 33.3 Å². The number of Topliss-reactive ketones (excluding diaryl/α,β-unsaturated/α-hetero) is 1. The van der Waals surface area contributed by atoms with Crippen LogP contribution in [-0.4, -0.2) is 36.7 Å². The summed E-state index contributed by atoms with van der Waals surface area (Å²) in [6, 6.07) is 3.36. The number of imidazole rings is 1. The number of rotatable bonds is 6. The molecule has 2 aromatic rings. The van der Waals surface area contributed by atoms with Gasteiger partial charge < -0.3 is 18.8 Å². The van der Waals surface area contributed by atoms with Crippen molar-refractivity contribution in [2.45, 2.75) is 6.42 Å². The van der Waals surface area contributed by atoms with Crippen LogP contribution in [0.2, 0.25) is 0 Å².